The molecule has 35 heavy (non-hydrogen) atoms. The Morgan fingerprint density at radius 1 is 1.14 bits per heavy atom. The molecule has 1 heterocycles. The van der Waals surface area contributed by atoms with Crippen LogP contribution in [-0.4, -0.2) is 45.6 Å². The third-order valence-electron chi connectivity index (χ3n) is 5.35. The van der Waals surface area contributed by atoms with Gasteiger partial charge in [-0.2, -0.15) is 0 Å². The number of pyridine rings is 1. The number of carbonyl (C=O) groups is 3. The van der Waals surface area contributed by atoms with Gasteiger partial charge in [0.25, 0.3) is 5.91 Å². The molecule has 8 nitrogen and oxygen atoms in total. The van der Waals surface area contributed by atoms with Crippen LogP contribution in [0.5, 0.6) is 0 Å². The zero-order chi connectivity index (χ0) is 25.5. The average molecular weight is 538 g/mol. The molecule has 3 aromatic rings. The van der Waals surface area contributed by atoms with Crippen LogP contribution in [0, 0.1) is 19.3 Å². The first-order chi connectivity index (χ1) is 16.7. The number of rotatable bonds is 10. The maximum absolute atomic E-state index is 12.5. The fourth-order valence-electron chi connectivity index (χ4n) is 3.61. The number of aryl methyl sites for hydroxylation is 1. The van der Waals surface area contributed by atoms with Gasteiger partial charge in [0.2, 0.25) is 0 Å². The number of carboxylic acid groups (broad SMARTS) is 2. The fraction of sp³-hybridized carbons (Fsp3) is 0.231. The van der Waals surface area contributed by atoms with Gasteiger partial charge in [0.1, 0.15) is 6.04 Å². The Balaban J connectivity index is 1.76. The van der Waals surface area contributed by atoms with E-state index in [-0.39, 0.29) is 18.4 Å². The highest BCUT2D eigenvalue weighted by Crippen LogP contribution is 2.26. The standard InChI is InChI=1S/C26H24BrN3O5/c1-3-12-30(15-17-4-9-22-20(14-17)21(27)13-16(2)28-22)19-7-5-18(6-8-19)25(33)29-23(26(34)35)10-11-24(31)32/h1,4-9,13-14,23H,10-12,15H2,2H3,(H,29,33)(H,31,32)(H,34,35)/t23-/m0/s1. The molecule has 1 amide bonds. The van der Waals surface area contributed by atoms with Crippen molar-refractivity contribution in [1.29, 1.82) is 0 Å². The second-order valence-corrected chi connectivity index (χ2v) is 8.86. The van der Waals surface area contributed by atoms with Gasteiger partial charge in [0, 0.05) is 39.8 Å². The lowest BCUT2D eigenvalue weighted by Gasteiger charge is -2.23. The quantitative estimate of drug-likeness (QED) is 0.334. The molecule has 0 radical (unpaired) electrons. The number of amides is 1. The molecule has 0 fully saturated rings. The average Bonchev–Trinajstić information content (AvgIpc) is 2.81. The van der Waals surface area contributed by atoms with Crippen LogP contribution < -0.4 is 10.2 Å². The summed E-state index contributed by atoms with van der Waals surface area (Å²) >= 11 is 3.60. The molecule has 0 aliphatic rings. The molecule has 0 spiro atoms. The SMILES string of the molecule is C#CCN(Cc1ccc2nc(C)cc(Br)c2c1)c1ccc(C(=O)N[C@@H](CCC(=O)O)C(=O)O)cc1. The lowest BCUT2D eigenvalue weighted by Crippen LogP contribution is -2.41. The lowest BCUT2D eigenvalue weighted by atomic mass is 10.1. The Bertz CT molecular complexity index is 1300. The number of nitrogens with zero attached hydrogens (tertiary/aromatic N) is 2. The molecular formula is C26H24BrN3O5. The van der Waals surface area contributed by atoms with Crippen LogP contribution in [0.25, 0.3) is 10.9 Å². The highest BCUT2D eigenvalue weighted by Gasteiger charge is 2.21. The van der Waals surface area contributed by atoms with Gasteiger partial charge in [-0.05, 0) is 61.4 Å². The summed E-state index contributed by atoms with van der Waals surface area (Å²) in [7, 11) is 0. The second-order valence-electron chi connectivity index (χ2n) is 8.00. The molecule has 3 N–H and O–H groups in total. The van der Waals surface area contributed by atoms with E-state index >= 15 is 0 Å². The lowest BCUT2D eigenvalue weighted by molar-refractivity contribution is -0.140. The zero-order valence-electron chi connectivity index (χ0n) is 19.0. The Morgan fingerprint density at radius 3 is 2.49 bits per heavy atom. The van der Waals surface area contributed by atoms with Crippen LogP contribution in [-0.2, 0) is 16.1 Å². The molecule has 0 bridgehead atoms. The van der Waals surface area contributed by atoms with Crippen molar-refractivity contribution >= 4 is 50.4 Å². The first-order valence-corrected chi connectivity index (χ1v) is 11.6. The number of nitrogens with one attached hydrogen (secondary N) is 1. The number of fused-ring (bicyclic) bond motifs is 1. The number of aliphatic carboxylic acids is 2. The number of terminal acetylenes is 1. The van der Waals surface area contributed by atoms with E-state index in [1.54, 1.807) is 24.3 Å². The predicted molar refractivity (Wildman–Crippen MR) is 136 cm³/mol. The Kier molecular flexibility index (Phi) is 8.44. The highest BCUT2D eigenvalue weighted by molar-refractivity contribution is 9.10. The molecule has 180 valence electrons. The molecule has 1 aromatic heterocycles. The molecule has 0 saturated heterocycles. The summed E-state index contributed by atoms with van der Waals surface area (Å²) in [5, 5.41) is 21.4. The number of hydrogen-bond acceptors (Lipinski definition) is 5. The van der Waals surface area contributed by atoms with E-state index in [0.29, 0.717) is 13.1 Å². The molecule has 3 rings (SSSR count). The van der Waals surface area contributed by atoms with E-state index in [1.165, 1.54) is 0 Å². The minimum absolute atomic E-state index is 0.207. The number of anilines is 1. The third-order valence-corrected chi connectivity index (χ3v) is 6.01. The minimum Gasteiger partial charge on any atom is -0.481 e. The van der Waals surface area contributed by atoms with Crippen LogP contribution in [0.2, 0.25) is 0 Å². The fourth-order valence-corrected chi connectivity index (χ4v) is 4.26. The summed E-state index contributed by atoms with van der Waals surface area (Å²) in [4.78, 5) is 41.1. The van der Waals surface area contributed by atoms with Crippen molar-refractivity contribution in [1.82, 2.24) is 10.3 Å². The Hall–Kier alpha value is -3.90. The zero-order valence-corrected chi connectivity index (χ0v) is 20.6. The van der Waals surface area contributed by atoms with Gasteiger partial charge in [-0.3, -0.25) is 14.6 Å². The molecule has 1 atom stereocenters. The van der Waals surface area contributed by atoms with Crippen molar-refractivity contribution in [2.75, 3.05) is 11.4 Å². The van der Waals surface area contributed by atoms with Crippen molar-refractivity contribution in [3.63, 3.8) is 0 Å². The molecule has 0 unspecified atom stereocenters. The highest BCUT2D eigenvalue weighted by atomic mass is 79.9. The van der Waals surface area contributed by atoms with Gasteiger partial charge in [0.15, 0.2) is 0 Å². The summed E-state index contributed by atoms with van der Waals surface area (Å²) < 4.78 is 0.962. The van der Waals surface area contributed by atoms with Crippen molar-refractivity contribution < 1.29 is 24.6 Å². The second kappa shape index (κ2) is 11.5. The third kappa shape index (κ3) is 6.80. The maximum Gasteiger partial charge on any atom is 0.326 e. The maximum atomic E-state index is 12.5. The summed E-state index contributed by atoms with van der Waals surface area (Å²) in [5.41, 5.74) is 3.89. The topological polar surface area (TPSA) is 120 Å². The van der Waals surface area contributed by atoms with Gasteiger partial charge in [0.05, 0.1) is 12.1 Å². The number of benzene rings is 2. The molecular weight excluding hydrogens is 514 g/mol. The summed E-state index contributed by atoms with van der Waals surface area (Å²) in [6.45, 7) is 2.81. The number of hydrogen-bond donors (Lipinski definition) is 3. The van der Waals surface area contributed by atoms with Gasteiger partial charge < -0.3 is 20.4 Å². The van der Waals surface area contributed by atoms with E-state index < -0.39 is 23.9 Å². The van der Waals surface area contributed by atoms with E-state index in [1.807, 2.05) is 30.0 Å². The first kappa shape index (κ1) is 25.7. The molecule has 0 aliphatic carbocycles. The first-order valence-electron chi connectivity index (χ1n) is 10.8. The Morgan fingerprint density at radius 2 is 1.86 bits per heavy atom. The van der Waals surface area contributed by atoms with Gasteiger partial charge in [-0.25, -0.2) is 4.79 Å². The van der Waals surface area contributed by atoms with E-state index in [2.05, 4.69) is 38.2 Å². The van der Waals surface area contributed by atoms with Crippen LogP contribution in [0.1, 0.15) is 34.5 Å². The summed E-state index contributed by atoms with van der Waals surface area (Å²) in [6.07, 6.45) is 5.02. The summed E-state index contributed by atoms with van der Waals surface area (Å²) in [5.74, 6) is -0.363. The monoisotopic (exact) mass is 537 g/mol. The van der Waals surface area contributed by atoms with Crippen molar-refractivity contribution in [3.05, 3.63) is 69.8 Å². The number of carboxylic acids is 2. The number of aromatic nitrogens is 1. The van der Waals surface area contributed by atoms with Crippen molar-refractivity contribution in [2.24, 2.45) is 0 Å². The van der Waals surface area contributed by atoms with Crippen LogP contribution in [0.3, 0.4) is 0 Å². The number of halogens is 1. The molecule has 0 aliphatic heterocycles. The smallest absolute Gasteiger partial charge is 0.326 e. The predicted octanol–water partition coefficient (Wildman–Crippen LogP) is 3.99. The summed E-state index contributed by atoms with van der Waals surface area (Å²) in [6, 6.07) is 13.3. The van der Waals surface area contributed by atoms with Crippen LogP contribution in [0.4, 0.5) is 5.69 Å². The minimum atomic E-state index is -1.29. The van der Waals surface area contributed by atoms with E-state index in [4.69, 9.17) is 11.5 Å². The Labute approximate surface area is 211 Å². The van der Waals surface area contributed by atoms with Crippen molar-refractivity contribution in [3.8, 4) is 12.3 Å². The largest absolute Gasteiger partial charge is 0.481 e. The molecule has 0 saturated carbocycles. The number of carbonyl (C=O) groups excluding carboxylic acids is 1. The van der Waals surface area contributed by atoms with Gasteiger partial charge in [-0.1, -0.05) is 27.9 Å². The molecule has 9 heteroatoms. The normalized spacial score (nSPS) is 11.5. The van der Waals surface area contributed by atoms with Gasteiger partial charge in [-0.15, -0.1) is 6.42 Å². The van der Waals surface area contributed by atoms with Gasteiger partial charge >= 0.3 is 11.9 Å². The van der Waals surface area contributed by atoms with Crippen LogP contribution in [0.15, 0.2) is 53.0 Å². The van der Waals surface area contributed by atoms with E-state index in [0.717, 1.165) is 32.3 Å². The molecule has 2 aromatic carbocycles. The van der Waals surface area contributed by atoms with Crippen molar-refractivity contribution in [2.45, 2.75) is 32.4 Å². The van der Waals surface area contributed by atoms with E-state index in [9.17, 15) is 19.5 Å². The van der Waals surface area contributed by atoms with Crippen LogP contribution >= 0.6 is 15.9 Å².